The van der Waals surface area contributed by atoms with Crippen LogP contribution >= 0.6 is 50.5 Å². The minimum absolute atomic E-state index is 0.0751. The lowest BCUT2D eigenvalue weighted by molar-refractivity contribution is -0.112. The predicted molar refractivity (Wildman–Crippen MR) is 118 cm³/mol. The van der Waals surface area contributed by atoms with Gasteiger partial charge in [0.1, 0.15) is 11.6 Å². The first-order valence-electron chi connectivity index (χ1n) is 8.02. The number of halogens is 3. The Hall–Kier alpha value is -2.17. The number of aromatic nitrogens is 1. The Balaban J connectivity index is 1.71. The molecule has 0 unspecified atom stereocenters. The Bertz CT molecular complexity index is 1090. The van der Waals surface area contributed by atoms with Crippen molar-refractivity contribution < 1.29 is 4.79 Å². The van der Waals surface area contributed by atoms with Gasteiger partial charge in [0.15, 0.2) is 5.13 Å². The van der Waals surface area contributed by atoms with Crippen LogP contribution in [0.15, 0.2) is 58.7 Å². The zero-order valence-corrected chi connectivity index (χ0v) is 18.2. The molecule has 1 heterocycles. The summed E-state index contributed by atoms with van der Waals surface area (Å²) < 4.78 is 1.02. The zero-order chi connectivity index (χ0) is 20.1. The van der Waals surface area contributed by atoms with Gasteiger partial charge in [0.2, 0.25) is 0 Å². The second-order valence-electron chi connectivity index (χ2n) is 5.72. The Morgan fingerprint density at radius 1 is 1.25 bits per heavy atom. The van der Waals surface area contributed by atoms with E-state index in [0.29, 0.717) is 27.2 Å². The Kier molecular flexibility index (Phi) is 6.87. The van der Waals surface area contributed by atoms with Crippen molar-refractivity contribution in [3.63, 3.8) is 0 Å². The van der Waals surface area contributed by atoms with E-state index in [2.05, 4.69) is 26.2 Å². The second kappa shape index (κ2) is 9.35. The standard InChI is InChI=1S/C20H12BrCl2N3OS/c21-15-4-1-12(2-5-15)7-17-11-25-20(28-17)26-19(27)14(10-24)8-13-3-6-16(22)9-18(13)23/h1-6,8-9,11H,7H2,(H,25,26,27). The van der Waals surface area contributed by atoms with Gasteiger partial charge in [-0.2, -0.15) is 5.26 Å². The van der Waals surface area contributed by atoms with Gasteiger partial charge in [-0.25, -0.2) is 4.98 Å². The summed E-state index contributed by atoms with van der Waals surface area (Å²) in [4.78, 5) is 17.6. The highest BCUT2D eigenvalue weighted by Gasteiger charge is 2.13. The van der Waals surface area contributed by atoms with Crippen molar-refractivity contribution in [2.45, 2.75) is 6.42 Å². The molecule has 0 atom stereocenters. The van der Waals surface area contributed by atoms with Crippen LogP contribution in [-0.2, 0) is 11.2 Å². The number of carbonyl (C=O) groups excluding carboxylic acids is 1. The average Bonchev–Trinajstić information content (AvgIpc) is 3.09. The number of hydrogen-bond acceptors (Lipinski definition) is 4. The van der Waals surface area contributed by atoms with Crippen molar-refractivity contribution in [3.05, 3.63) is 84.8 Å². The lowest BCUT2D eigenvalue weighted by Gasteiger charge is -2.02. The lowest BCUT2D eigenvalue weighted by Crippen LogP contribution is -2.13. The van der Waals surface area contributed by atoms with E-state index in [-0.39, 0.29) is 5.57 Å². The Morgan fingerprint density at radius 2 is 2.00 bits per heavy atom. The summed E-state index contributed by atoms with van der Waals surface area (Å²) in [6.07, 6.45) is 3.85. The minimum atomic E-state index is -0.543. The van der Waals surface area contributed by atoms with E-state index in [0.717, 1.165) is 14.9 Å². The number of anilines is 1. The van der Waals surface area contributed by atoms with Gasteiger partial charge in [-0.3, -0.25) is 10.1 Å². The molecule has 8 heteroatoms. The van der Waals surface area contributed by atoms with Gasteiger partial charge < -0.3 is 0 Å². The lowest BCUT2D eigenvalue weighted by atomic mass is 10.1. The van der Waals surface area contributed by atoms with Crippen LogP contribution in [0.25, 0.3) is 6.08 Å². The molecule has 0 saturated carbocycles. The van der Waals surface area contributed by atoms with Gasteiger partial charge in [-0.05, 0) is 41.5 Å². The molecule has 0 bridgehead atoms. The number of nitrogens with one attached hydrogen (secondary N) is 1. The SMILES string of the molecule is N#CC(=Cc1ccc(Cl)cc1Cl)C(=O)Nc1ncc(Cc2ccc(Br)cc2)s1. The Labute approximate surface area is 184 Å². The van der Waals surface area contributed by atoms with Crippen LogP contribution in [0.1, 0.15) is 16.0 Å². The van der Waals surface area contributed by atoms with Gasteiger partial charge in [-0.1, -0.05) is 57.3 Å². The van der Waals surface area contributed by atoms with Crippen LogP contribution < -0.4 is 5.32 Å². The summed E-state index contributed by atoms with van der Waals surface area (Å²) in [5.41, 5.74) is 1.60. The molecule has 4 nitrogen and oxygen atoms in total. The third-order valence-corrected chi connectivity index (χ3v) is 5.70. The van der Waals surface area contributed by atoms with Crippen molar-refractivity contribution in [2.24, 2.45) is 0 Å². The number of rotatable bonds is 5. The van der Waals surface area contributed by atoms with Crippen molar-refractivity contribution in [1.29, 1.82) is 5.26 Å². The van der Waals surface area contributed by atoms with E-state index in [1.165, 1.54) is 17.4 Å². The Morgan fingerprint density at radius 3 is 2.68 bits per heavy atom. The quantitative estimate of drug-likeness (QED) is 0.333. The highest BCUT2D eigenvalue weighted by atomic mass is 79.9. The number of nitriles is 1. The normalized spacial score (nSPS) is 11.1. The molecular formula is C20H12BrCl2N3OS. The maximum absolute atomic E-state index is 12.4. The zero-order valence-electron chi connectivity index (χ0n) is 14.2. The summed E-state index contributed by atoms with van der Waals surface area (Å²) in [6, 6.07) is 14.7. The molecule has 2 aromatic carbocycles. The molecular weight excluding hydrogens is 481 g/mol. The van der Waals surface area contributed by atoms with Gasteiger partial charge >= 0.3 is 0 Å². The van der Waals surface area contributed by atoms with E-state index < -0.39 is 5.91 Å². The minimum Gasteiger partial charge on any atom is -0.297 e. The van der Waals surface area contributed by atoms with Crippen LogP contribution in [0.5, 0.6) is 0 Å². The molecule has 1 N–H and O–H groups in total. The van der Waals surface area contributed by atoms with Crippen LogP contribution in [0, 0.1) is 11.3 Å². The topological polar surface area (TPSA) is 65.8 Å². The van der Waals surface area contributed by atoms with Crippen molar-refractivity contribution in [1.82, 2.24) is 4.98 Å². The smallest absolute Gasteiger partial charge is 0.268 e. The molecule has 0 saturated heterocycles. The molecule has 0 aliphatic rings. The molecule has 28 heavy (non-hydrogen) atoms. The molecule has 0 spiro atoms. The summed E-state index contributed by atoms with van der Waals surface area (Å²) in [5, 5.41) is 13.3. The fraction of sp³-hybridized carbons (Fsp3) is 0.0500. The number of amides is 1. The van der Waals surface area contributed by atoms with Crippen molar-refractivity contribution >= 4 is 67.6 Å². The summed E-state index contributed by atoms with van der Waals surface area (Å²) in [6.45, 7) is 0. The van der Waals surface area contributed by atoms with Crippen molar-refractivity contribution in [3.8, 4) is 6.07 Å². The number of thiazole rings is 1. The molecule has 0 radical (unpaired) electrons. The fourth-order valence-corrected chi connectivity index (χ4v) is 3.91. The van der Waals surface area contributed by atoms with Gasteiger partial charge in [-0.15, -0.1) is 11.3 Å². The molecule has 0 aliphatic carbocycles. The molecule has 0 fully saturated rings. The van der Waals surface area contributed by atoms with E-state index in [4.69, 9.17) is 23.2 Å². The van der Waals surface area contributed by atoms with Crippen LogP contribution in [0.3, 0.4) is 0 Å². The van der Waals surface area contributed by atoms with E-state index in [9.17, 15) is 10.1 Å². The van der Waals surface area contributed by atoms with Gasteiger partial charge in [0.05, 0.1) is 0 Å². The van der Waals surface area contributed by atoms with Crippen LogP contribution in [0.4, 0.5) is 5.13 Å². The fourth-order valence-electron chi connectivity index (χ4n) is 2.34. The van der Waals surface area contributed by atoms with Gasteiger partial charge in [0.25, 0.3) is 5.91 Å². The summed E-state index contributed by atoms with van der Waals surface area (Å²) >= 11 is 16.7. The predicted octanol–water partition coefficient (Wildman–Crippen LogP) is 6.35. The summed E-state index contributed by atoms with van der Waals surface area (Å²) in [5.74, 6) is -0.543. The highest BCUT2D eigenvalue weighted by molar-refractivity contribution is 9.10. The first-order valence-corrected chi connectivity index (χ1v) is 10.4. The summed E-state index contributed by atoms with van der Waals surface area (Å²) in [7, 11) is 0. The number of carbonyl (C=O) groups is 1. The molecule has 3 aromatic rings. The molecule has 140 valence electrons. The molecule has 1 amide bonds. The van der Waals surface area contributed by atoms with E-state index in [1.807, 2.05) is 30.3 Å². The van der Waals surface area contributed by atoms with Crippen molar-refractivity contribution in [2.75, 3.05) is 5.32 Å². The van der Waals surface area contributed by atoms with Gasteiger partial charge in [0, 0.05) is 32.0 Å². The maximum Gasteiger partial charge on any atom is 0.268 e. The number of nitrogens with zero attached hydrogens (tertiary/aromatic N) is 2. The van der Waals surface area contributed by atoms with Crippen LogP contribution in [-0.4, -0.2) is 10.9 Å². The number of benzene rings is 2. The van der Waals surface area contributed by atoms with E-state index >= 15 is 0 Å². The third kappa shape index (κ3) is 5.43. The molecule has 1 aromatic heterocycles. The largest absolute Gasteiger partial charge is 0.297 e. The third-order valence-electron chi connectivity index (χ3n) is 3.69. The van der Waals surface area contributed by atoms with Crippen LogP contribution in [0.2, 0.25) is 10.0 Å². The average molecular weight is 493 g/mol. The first kappa shape index (κ1) is 20.6. The van der Waals surface area contributed by atoms with E-state index in [1.54, 1.807) is 24.4 Å². The molecule has 3 rings (SSSR count). The second-order valence-corrected chi connectivity index (χ2v) is 8.60. The number of hydrogen-bond donors (Lipinski definition) is 1. The first-order chi connectivity index (χ1) is 13.4. The monoisotopic (exact) mass is 491 g/mol. The maximum atomic E-state index is 12.4. The molecule has 0 aliphatic heterocycles. The highest BCUT2D eigenvalue weighted by Crippen LogP contribution is 2.25.